The normalized spacial score (nSPS) is 12.1. The molecule has 7 heteroatoms. The van der Waals surface area contributed by atoms with Crippen molar-refractivity contribution in [3.8, 4) is 0 Å². The molecule has 5 nitrogen and oxygen atoms in total. The quantitative estimate of drug-likeness (QED) is 0.824. The van der Waals surface area contributed by atoms with Gasteiger partial charge in [-0.3, -0.25) is 4.72 Å². The highest BCUT2D eigenvalue weighted by Crippen LogP contribution is 2.29. The summed E-state index contributed by atoms with van der Waals surface area (Å²) in [7, 11) is -3.81. The van der Waals surface area contributed by atoms with Crippen molar-refractivity contribution >= 4 is 33.0 Å². The zero-order valence-corrected chi connectivity index (χ0v) is 14.8. The number of benzene rings is 1. The van der Waals surface area contributed by atoms with E-state index in [1.165, 1.54) is 11.4 Å². The van der Waals surface area contributed by atoms with E-state index in [4.69, 9.17) is 5.11 Å². The topological polar surface area (TPSA) is 83.5 Å². The van der Waals surface area contributed by atoms with Crippen LogP contribution in [0, 0.1) is 0 Å². The second-order valence-corrected chi connectivity index (χ2v) is 8.43. The van der Waals surface area contributed by atoms with E-state index in [1.807, 2.05) is 0 Å². The molecule has 1 aromatic carbocycles. The maximum atomic E-state index is 12.4. The number of thiophene rings is 1. The van der Waals surface area contributed by atoms with Crippen molar-refractivity contribution < 1.29 is 18.3 Å². The Morgan fingerprint density at radius 3 is 2.35 bits per heavy atom. The van der Waals surface area contributed by atoms with Crippen LogP contribution >= 0.6 is 11.3 Å². The molecular formula is C16H19NO4S2. The zero-order chi connectivity index (χ0) is 17.3. The molecule has 2 aromatic rings. The molecule has 0 amide bonds. The second-order valence-electron chi connectivity index (χ2n) is 5.84. The first-order chi connectivity index (χ1) is 10.7. The summed E-state index contributed by atoms with van der Waals surface area (Å²) in [5.74, 6) is -1.15. The van der Waals surface area contributed by atoms with Crippen LogP contribution in [0.5, 0.6) is 0 Å². The van der Waals surface area contributed by atoms with E-state index in [-0.39, 0.29) is 20.9 Å². The van der Waals surface area contributed by atoms with Crippen molar-refractivity contribution in [2.75, 3.05) is 4.72 Å². The highest BCUT2D eigenvalue weighted by molar-refractivity contribution is 7.92. The van der Waals surface area contributed by atoms with Gasteiger partial charge in [-0.05, 0) is 41.0 Å². The molecule has 0 bridgehead atoms. The highest BCUT2D eigenvalue weighted by atomic mass is 32.2. The Balaban J connectivity index is 2.30. The molecule has 0 aliphatic rings. The van der Waals surface area contributed by atoms with Crippen molar-refractivity contribution in [3.05, 3.63) is 46.2 Å². The predicted molar refractivity (Wildman–Crippen MR) is 91.8 cm³/mol. The van der Waals surface area contributed by atoms with E-state index >= 15 is 0 Å². The molecule has 1 heterocycles. The van der Waals surface area contributed by atoms with E-state index in [1.54, 1.807) is 24.3 Å². The Bertz CT molecular complexity index is 805. The lowest BCUT2D eigenvalue weighted by Crippen LogP contribution is -2.17. The molecule has 2 rings (SSSR count). The third kappa shape index (κ3) is 3.73. The number of hydrogen-bond donors (Lipinski definition) is 2. The Kier molecular flexibility index (Phi) is 4.81. The van der Waals surface area contributed by atoms with Crippen LogP contribution in [0.15, 0.2) is 40.6 Å². The van der Waals surface area contributed by atoms with Crippen LogP contribution in [0.1, 0.15) is 42.4 Å². The first-order valence-corrected chi connectivity index (χ1v) is 9.48. The largest absolute Gasteiger partial charge is 0.477 e. The van der Waals surface area contributed by atoms with Crippen LogP contribution in [0.25, 0.3) is 0 Å². The van der Waals surface area contributed by atoms with Crippen molar-refractivity contribution in [3.63, 3.8) is 0 Å². The summed E-state index contributed by atoms with van der Waals surface area (Å²) in [6.07, 6.45) is 0.939. The standard InChI is InChI=1S/C16H19NO4S2/c1-4-16(2,3)11-5-7-12(8-6-11)23(20,21)17-13-9-10-22-14(13)15(18)19/h5-10,17H,4H2,1-3H3,(H,18,19). The molecule has 0 unspecified atom stereocenters. The molecule has 0 spiro atoms. The number of carbonyl (C=O) groups is 1. The average Bonchev–Trinajstić information content (AvgIpc) is 2.95. The van der Waals surface area contributed by atoms with E-state index < -0.39 is 16.0 Å². The van der Waals surface area contributed by atoms with Gasteiger partial charge in [0.1, 0.15) is 4.88 Å². The maximum absolute atomic E-state index is 12.4. The summed E-state index contributed by atoms with van der Waals surface area (Å²) in [6, 6.07) is 8.12. The van der Waals surface area contributed by atoms with E-state index in [2.05, 4.69) is 25.5 Å². The lowest BCUT2D eigenvalue weighted by Gasteiger charge is -2.23. The SMILES string of the molecule is CCC(C)(C)c1ccc(S(=O)(=O)Nc2ccsc2C(=O)O)cc1. The smallest absolute Gasteiger partial charge is 0.348 e. The number of rotatable bonds is 6. The van der Waals surface area contributed by atoms with Crippen LogP contribution < -0.4 is 4.72 Å². The van der Waals surface area contributed by atoms with Gasteiger partial charge in [-0.1, -0.05) is 32.9 Å². The number of carboxylic acids is 1. The molecule has 2 N–H and O–H groups in total. The summed E-state index contributed by atoms with van der Waals surface area (Å²) in [6.45, 7) is 6.27. The summed E-state index contributed by atoms with van der Waals surface area (Å²) < 4.78 is 27.1. The predicted octanol–water partition coefficient (Wildman–Crippen LogP) is 3.93. The number of carboxylic acid groups (broad SMARTS) is 1. The van der Waals surface area contributed by atoms with Gasteiger partial charge >= 0.3 is 5.97 Å². The van der Waals surface area contributed by atoms with Gasteiger partial charge in [0.05, 0.1) is 10.6 Å². The molecule has 23 heavy (non-hydrogen) atoms. The van der Waals surface area contributed by atoms with Gasteiger partial charge in [0, 0.05) is 0 Å². The van der Waals surface area contributed by atoms with E-state index in [0.29, 0.717) is 0 Å². The van der Waals surface area contributed by atoms with Gasteiger partial charge in [0.25, 0.3) is 10.0 Å². The second kappa shape index (κ2) is 6.33. The number of sulfonamides is 1. The van der Waals surface area contributed by atoms with E-state index in [0.717, 1.165) is 23.3 Å². The van der Waals surface area contributed by atoms with Crippen LogP contribution in [0.3, 0.4) is 0 Å². The minimum Gasteiger partial charge on any atom is -0.477 e. The number of anilines is 1. The van der Waals surface area contributed by atoms with Crippen LogP contribution in [0.2, 0.25) is 0 Å². The van der Waals surface area contributed by atoms with Crippen LogP contribution in [-0.4, -0.2) is 19.5 Å². The zero-order valence-electron chi connectivity index (χ0n) is 13.2. The first kappa shape index (κ1) is 17.5. The third-order valence-electron chi connectivity index (χ3n) is 3.93. The highest BCUT2D eigenvalue weighted by Gasteiger charge is 2.22. The fraction of sp³-hybridized carbons (Fsp3) is 0.312. The van der Waals surface area contributed by atoms with Gasteiger partial charge in [-0.25, -0.2) is 13.2 Å². The van der Waals surface area contributed by atoms with Crippen molar-refractivity contribution in [1.29, 1.82) is 0 Å². The van der Waals surface area contributed by atoms with Gasteiger partial charge in [-0.2, -0.15) is 0 Å². The number of hydrogen-bond acceptors (Lipinski definition) is 4. The molecular weight excluding hydrogens is 334 g/mol. The fourth-order valence-corrected chi connectivity index (χ4v) is 3.87. The van der Waals surface area contributed by atoms with Crippen molar-refractivity contribution in [1.82, 2.24) is 0 Å². The monoisotopic (exact) mass is 353 g/mol. The molecule has 0 saturated heterocycles. The summed E-state index contributed by atoms with van der Waals surface area (Å²) in [4.78, 5) is 11.1. The molecule has 1 aromatic heterocycles. The molecule has 124 valence electrons. The molecule has 0 fully saturated rings. The number of nitrogens with one attached hydrogen (secondary N) is 1. The minimum atomic E-state index is -3.81. The van der Waals surface area contributed by atoms with Crippen molar-refractivity contribution in [2.24, 2.45) is 0 Å². The Morgan fingerprint density at radius 1 is 1.22 bits per heavy atom. The molecule has 0 aliphatic heterocycles. The average molecular weight is 353 g/mol. The summed E-state index contributed by atoms with van der Waals surface area (Å²) >= 11 is 0.976. The number of aromatic carboxylic acids is 1. The van der Waals surface area contributed by atoms with Gasteiger partial charge < -0.3 is 5.11 Å². The van der Waals surface area contributed by atoms with Gasteiger partial charge in [0.2, 0.25) is 0 Å². The van der Waals surface area contributed by atoms with Gasteiger partial charge in [-0.15, -0.1) is 11.3 Å². The van der Waals surface area contributed by atoms with Gasteiger partial charge in [0.15, 0.2) is 0 Å². The fourth-order valence-electron chi connectivity index (χ4n) is 2.05. The Morgan fingerprint density at radius 2 is 1.83 bits per heavy atom. The lowest BCUT2D eigenvalue weighted by molar-refractivity contribution is 0.0703. The van der Waals surface area contributed by atoms with Crippen LogP contribution in [0.4, 0.5) is 5.69 Å². The first-order valence-electron chi connectivity index (χ1n) is 7.11. The maximum Gasteiger partial charge on any atom is 0.348 e. The minimum absolute atomic E-state index is 0.0282. The molecule has 0 radical (unpaired) electrons. The molecule has 0 atom stereocenters. The lowest BCUT2D eigenvalue weighted by atomic mass is 9.82. The van der Waals surface area contributed by atoms with Crippen LogP contribution in [-0.2, 0) is 15.4 Å². The van der Waals surface area contributed by atoms with Crippen molar-refractivity contribution in [2.45, 2.75) is 37.5 Å². The Labute approximate surface area is 140 Å². The molecule has 0 saturated carbocycles. The molecule has 0 aliphatic carbocycles. The Hall–Kier alpha value is -1.86. The van der Waals surface area contributed by atoms with E-state index in [9.17, 15) is 13.2 Å². The summed E-state index contributed by atoms with van der Waals surface area (Å²) in [5.41, 5.74) is 1.11. The third-order valence-corrected chi connectivity index (χ3v) is 6.22. The summed E-state index contributed by atoms with van der Waals surface area (Å²) in [5, 5.41) is 10.6.